The maximum absolute atomic E-state index is 13.9. The molecule has 0 radical (unpaired) electrons. The molecule has 0 aliphatic rings. The molecule has 112 valence electrons. The van der Waals surface area contributed by atoms with E-state index >= 15 is 0 Å². The third kappa shape index (κ3) is 2.39. The second-order valence-electron chi connectivity index (χ2n) is 4.47. The Hall–Kier alpha value is -2.54. The third-order valence-corrected chi connectivity index (χ3v) is 3.34. The average molecular weight is 325 g/mol. The minimum absolute atomic E-state index is 0.0703. The molecule has 0 spiro atoms. The molecule has 1 heterocycles. The molecule has 0 fully saturated rings. The zero-order chi connectivity index (χ0) is 15.9. The molecule has 8 heteroatoms. The number of anilines is 1. The van der Waals surface area contributed by atoms with Crippen molar-refractivity contribution >= 4 is 17.3 Å². The molecule has 0 unspecified atom stereocenters. The van der Waals surface area contributed by atoms with Gasteiger partial charge < -0.3 is 5.73 Å². The molecule has 3 aromatic rings. The van der Waals surface area contributed by atoms with Crippen LogP contribution in [0.5, 0.6) is 0 Å². The van der Waals surface area contributed by atoms with Crippen LogP contribution in [0.25, 0.3) is 16.9 Å². The highest BCUT2D eigenvalue weighted by molar-refractivity contribution is 6.30. The maximum atomic E-state index is 13.9. The Kier molecular flexibility index (Phi) is 3.50. The van der Waals surface area contributed by atoms with Crippen molar-refractivity contribution in [3.8, 4) is 16.9 Å². The number of nitrogen functional groups attached to an aromatic ring is 1. The highest BCUT2D eigenvalue weighted by Gasteiger charge is 2.14. The lowest BCUT2D eigenvalue weighted by atomic mass is 10.1. The number of hydrogen-bond acceptors (Lipinski definition) is 3. The zero-order valence-electron chi connectivity index (χ0n) is 10.9. The van der Waals surface area contributed by atoms with E-state index in [1.54, 1.807) is 6.07 Å². The quantitative estimate of drug-likeness (QED) is 0.733. The Morgan fingerprint density at radius 3 is 2.45 bits per heavy atom. The fourth-order valence-electron chi connectivity index (χ4n) is 1.92. The smallest absolute Gasteiger partial charge is 0.167 e. The zero-order valence-corrected chi connectivity index (χ0v) is 11.7. The van der Waals surface area contributed by atoms with Gasteiger partial charge in [0, 0.05) is 5.56 Å². The van der Waals surface area contributed by atoms with E-state index in [-0.39, 0.29) is 22.0 Å². The molecule has 3 rings (SSSR count). The summed E-state index contributed by atoms with van der Waals surface area (Å²) in [5.41, 5.74) is 5.01. The van der Waals surface area contributed by atoms with Crippen molar-refractivity contribution in [3.05, 3.63) is 59.0 Å². The molecule has 22 heavy (non-hydrogen) atoms. The summed E-state index contributed by atoms with van der Waals surface area (Å²) in [4.78, 5) is 0. The van der Waals surface area contributed by atoms with Gasteiger partial charge in [-0.1, -0.05) is 22.9 Å². The Morgan fingerprint density at radius 1 is 1.09 bits per heavy atom. The van der Waals surface area contributed by atoms with Crippen LogP contribution in [0.3, 0.4) is 0 Å². The Bertz CT molecular complexity index is 840. The summed E-state index contributed by atoms with van der Waals surface area (Å²) in [6.07, 6.45) is 1.33. The van der Waals surface area contributed by atoms with E-state index < -0.39 is 23.1 Å². The van der Waals surface area contributed by atoms with Crippen LogP contribution in [0, 0.1) is 17.5 Å². The number of benzene rings is 2. The maximum Gasteiger partial charge on any atom is 0.167 e. The predicted octanol–water partition coefficient (Wildman–Crippen LogP) is 3.59. The van der Waals surface area contributed by atoms with Crippen molar-refractivity contribution in [1.29, 1.82) is 0 Å². The van der Waals surface area contributed by atoms with E-state index in [0.717, 1.165) is 16.8 Å². The SMILES string of the molecule is Nc1c(F)cc(-c2cn(-c3cccc(Cl)c3F)nn2)cc1F. The van der Waals surface area contributed by atoms with Crippen molar-refractivity contribution < 1.29 is 13.2 Å². The second-order valence-corrected chi connectivity index (χ2v) is 4.88. The Labute approximate surface area is 127 Å². The van der Waals surface area contributed by atoms with E-state index in [9.17, 15) is 13.2 Å². The molecule has 0 saturated carbocycles. The minimum atomic E-state index is -0.904. The first kappa shape index (κ1) is 14.4. The van der Waals surface area contributed by atoms with Gasteiger partial charge in [0.15, 0.2) is 5.82 Å². The molecule has 0 atom stereocenters. The molecule has 0 amide bonds. The molecule has 0 aliphatic heterocycles. The van der Waals surface area contributed by atoms with Crippen LogP contribution in [0.15, 0.2) is 36.5 Å². The van der Waals surface area contributed by atoms with Crippen molar-refractivity contribution in [3.63, 3.8) is 0 Å². The molecule has 0 bridgehead atoms. The summed E-state index contributed by atoms with van der Waals surface area (Å²) in [5.74, 6) is -2.48. The van der Waals surface area contributed by atoms with E-state index in [1.165, 1.54) is 18.3 Å². The fraction of sp³-hybridized carbons (Fsp3) is 0. The Balaban J connectivity index is 2.06. The van der Waals surface area contributed by atoms with Gasteiger partial charge in [-0.25, -0.2) is 17.9 Å². The molecule has 2 aromatic carbocycles. The Morgan fingerprint density at radius 2 is 1.77 bits per heavy atom. The lowest BCUT2D eigenvalue weighted by Gasteiger charge is -2.03. The first-order chi connectivity index (χ1) is 10.5. The average Bonchev–Trinajstić information content (AvgIpc) is 2.97. The van der Waals surface area contributed by atoms with E-state index in [4.69, 9.17) is 17.3 Å². The largest absolute Gasteiger partial charge is 0.394 e. The van der Waals surface area contributed by atoms with E-state index in [2.05, 4.69) is 10.3 Å². The second kappa shape index (κ2) is 5.34. The van der Waals surface area contributed by atoms with Gasteiger partial charge in [0.1, 0.15) is 28.7 Å². The summed E-state index contributed by atoms with van der Waals surface area (Å²) in [6.45, 7) is 0. The van der Waals surface area contributed by atoms with Crippen LogP contribution in [0.4, 0.5) is 18.9 Å². The van der Waals surface area contributed by atoms with E-state index in [1.807, 2.05) is 0 Å². The molecular formula is C14H8ClF3N4. The van der Waals surface area contributed by atoms with Gasteiger partial charge in [-0.2, -0.15) is 0 Å². The third-order valence-electron chi connectivity index (χ3n) is 3.05. The highest BCUT2D eigenvalue weighted by Crippen LogP contribution is 2.26. The predicted molar refractivity (Wildman–Crippen MR) is 76.1 cm³/mol. The number of nitrogens with zero attached hydrogens (tertiary/aromatic N) is 3. The van der Waals surface area contributed by atoms with Crippen molar-refractivity contribution in [2.24, 2.45) is 0 Å². The lowest BCUT2D eigenvalue weighted by Crippen LogP contribution is -1.98. The van der Waals surface area contributed by atoms with Gasteiger partial charge >= 0.3 is 0 Å². The van der Waals surface area contributed by atoms with Crippen LogP contribution in [-0.2, 0) is 0 Å². The summed E-state index contributed by atoms with van der Waals surface area (Å²) >= 11 is 5.70. The number of halogens is 4. The molecular weight excluding hydrogens is 317 g/mol. The summed E-state index contributed by atoms with van der Waals surface area (Å²) < 4.78 is 42.0. The van der Waals surface area contributed by atoms with Gasteiger partial charge in [-0.15, -0.1) is 5.10 Å². The number of rotatable bonds is 2. The molecule has 0 saturated heterocycles. The van der Waals surface area contributed by atoms with Crippen molar-refractivity contribution in [2.45, 2.75) is 0 Å². The molecule has 1 aromatic heterocycles. The minimum Gasteiger partial charge on any atom is -0.394 e. The van der Waals surface area contributed by atoms with Gasteiger partial charge in [0.2, 0.25) is 0 Å². The normalized spacial score (nSPS) is 10.9. The number of aromatic nitrogens is 3. The summed E-state index contributed by atoms with van der Waals surface area (Å²) in [5, 5.41) is 7.44. The van der Waals surface area contributed by atoms with Gasteiger partial charge in [0.25, 0.3) is 0 Å². The summed E-state index contributed by atoms with van der Waals surface area (Å²) in [6, 6.07) is 6.44. The standard InChI is InChI=1S/C14H8ClF3N4/c15-8-2-1-3-12(13(8)18)22-6-11(20-21-22)7-4-9(16)14(19)10(17)5-7/h1-6H,19H2. The number of hydrogen-bond donors (Lipinski definition) is 1. The van der Waals surface area contributed by atoms with Crippen LogP contribution in [-0.4, -0.2) is 15.0 Å². The topological polar surface area (TPSA) is 56.7 Å². The monoisotopic (exact) mass is 324 g/mol. The van der Waals surface area contributed by atoms with Crippen molar-refractivity contribution in [2.75, 3.05) is 5.73 Å². The van der Waals surface area contributed by atoms with Gasteiger partial charge in [0.05, 0.1) is 11.2 Å². The van der Waals surface area contributed by atoms with Crippen LogP contribution in [0.1, 0.15) is 0 Å². The molecule has 0 aliphatic carbocycles. The highest BCUT2D eigenvalue weighted by atomic mass is 35.5. The van der Waals surface area contributed by atoms with E-state index in [0.29, 0.717) is 0 Å². The number of nitrogens with two attached hydrogens (primary N) is 1. The first-order valence-electron chi connectivity index (χ1n) is 6.09. The van der Waals surface area contributed by atoms with Crippen LogP contribution in [0.2, 0.25) is 5.02 Å². The van der Waals surface area contributed by atoms with Crippen LogP contribution >= 0.6 is 11.6 Å². The fourth-order valence-corrected chi connectivity index (χ4v) is 2.08. The van der Waals surface area contributed by atoms with Gasteiger partial charge in [-0.3, -0.25) is 0 Å². The summed E-state index contributed by atoms with van der Waals surface area (Å²) in [7, 11) is 0. The van der Waals surface area contributed by atoms with Gasteiger partial charge in [-0.05, 0) is 24.3 Å². The molecule has 4 nitrogen and oxygen atoms in total. The van der Waals surface area contributed by atoms with Crippen molar-refractivity contribution in [1.82, 2.24) is 15.0 Å². The first-order valence-corrected chi connectivity index (χ1v) is 6.47. The molecule has 2 N–H and O–H groups in total. The lowest BCUT2D eigenvalue weighted by molar-refractivity contribution is 0.592. The van der Waals surface area contributed by atoms with Crippen LogP contribution < -0.4 is 5.73 Å².